The van der Waals surface area contributed by atoms with Crippen molar-refractivity contribution in [1.29, 1.82) is 0 Å². The fourth-order valence-corrected chi connectivity index (χ4v) is 1.40. The van der Waals surface area contributed by atoms with Crippen LogP contribution in [0.15, 0.2) is 6.33 Å². The number of primary amides is 1. The molecule has 0 radical (unpaired) electrons. The molecule has 0 spiro atoms. The van der Waals surface area contributed by atoms with Gasteiger partial charge in [-0.05, 0) is 6.42 Å². The number of carbonyl (C=O) groups excluding carboxylic acids is 2. The first-order valence-corrected chi connectivity index (χ1v) is 5.39. The van der Waals surface area contributed by atoms with Crippen LogP contribution in [-0.4, -0.2) is 26.6 Å². The zero-order chi connectivity index (χ0) is 12.0. The Morgan fingerprint density at radius 3 is 2.75 bits per heavy atom. The van der Waals surface area contributed by atoms with Gasteiger partial charge in [-0.25, -0.2) is 4.98 Å². The summed E-state index contributed by atoms with van der Waals surface area (Å²) in [6.45, 7) is 2.10. The van der Waals surface area contributed by atoms with Crippen LogP contribution in [0.4, 0.5) is 0 Å². The molecule has 1 aromatic heterocycles. The minimum absolute atomic E-state index is 0.0968. The molecule has 0 aromatic carbocycles. The van der Waals surface area contributed by atoms with Crippen molar-refractivity contribution in [3.63, 3.8) is 0 Å². The van der Waals surface area contributed by atoms with Crippen molar-refractivity contribution in [3.8, 4) is 0 Å². The molecule has 0 aliphatic carbocycles. The molecular formula is C10H16N4O2. The molecular weight excluding hydrogens is 208 g/mol. The van der Waals surface area contributed by atoms with Crippen LogP contribution >= 0.6 is 0 Å². The summed E-state index contributed by atoms with van der Waals surface area (Å²) in [6.07, 6.45) is 5.54. The SMILES string of the molecule is CCCCCCC(=O)n1ncnc1C(N)=O. The molecule has 1 amide bonds. The first kappa shape index (κ1) is 12.4. The van der Waals surface area contributed by atoms with Crippen LogP contribution in [0, 0.1) is 0 Å². The predicted molar refractivity (Wildman–Crippen MR) is 57.9 cm³/mol. The zero-order valence-corrected chi connectivity index (χ0v) is 9.35. The quantitative estimate of drug-likeness (QED) is 0.729. The first-order valence-electron chi connectivity index (χ1n) is 5.39. The van der Waals surface area contributed by atoms with Gasteiger partial charge in [0, 0.05) is 6.42 Å². The van der Waals surface area contributed by atoms with Gasteiger partial charge in [-0.2, -0.15) is 9.78 Å². The number of rotatable bonds is 6. The Bertz CT molecular complexity index is 373. The highest BCUT2D eigenvalue weighted by molar-refractivity contribution is 5.93. The fourth-order valence-electron chi connectivity index (χ4n) is 1.40. The lowest BCUT2D eigenvalue weighted by Crippen LogP contribution is -2.23. The number of nitrogens with zero attached hydrogens (tertiary/aromatic N) is 3. The molecule has 0 bridgehead atoms. The second kappa shape index (κ2) is 5.99. The largest absolute Gasteiger partial charge is 0.363 e. The minimum atomic E-state index is -0.737. The summed E-state index contributed by atoms with van der Waals surface area (Å²) < 4.78 is 0.980. The maximum atomic E-state index is 11.6. The summed E-state index contributed by atoms with van der Waals surface area (Å²) in [5.74, 6) is -1.07. The van der Waals surface area contributed by atoms with E-state index in [1.54, 1.807) is 0 Å². The van der Waals surface area contributed by atoms with Crippen molar-refractivity contribution >= 4 is 11.8 Å². The molecule has 1 rings (SSSR count). The van der Waals surface area contributed by atoms with Crippen molar-refractivity contribution in [1.82, 2.24) is 14.8 Å². The van der Waals surface area contributed by atoms with E-state index in [2.05, 4.69) is 17.0 Å². The zero-order valence-electron chi connectivity index (χ0n) is 9.35. The second-order valence-corrected chi connectivity index (χ2v) is 3.56. The summed E-state index contributed by atoms with van der Waals surface area (Å²) in [4.78, 5) is 26.2. The number of nitrogens with two attached hydrogens (primary N) is 1. The molecule has 0 aliphatic rings. The number of unbranched alkanes of at least 4 members (excludes halogenated alkanes) is 3. The predicted octanol–water partition coefficient (Wildman–Crippen LogP) is 0.988. The van der Waals surface area contributed by atoms with E-state index in [0.717, 1.165) is 36.7 Å². The minimum Gasteiger partial charge on any atom is -0.363 e. The monoisotopic (exact) mass is 224 g/mol. The van der Waals surface area contributed by atoms with E-state index < -0.39 is 5.91 Å². The molecule has 0 saturated carbocycles. The standard InChI is InChI=1S/C10H16N4O2/c1-2-3-4-5-6-8(15)14-10(9(11)16)12-7-13-14/h7H,2-6H2,1H3,(H2,11,16). The van der Waals surface area contributed by atoms with Crippen LogP contribution in [0.3, 0.4) is 0 Å². The molecule has 16 heavy (non-hydrogen) atoms. The van der Waals surface area contributed by atoms with Crippen LogP contribution in [-0.2, 0) is 0 Å². The van der Waals surface area contributed by atoms with Gasteiger partial charge in [0.2, 0.25) is 11.7 Å². The van der Waals surface area contributed by atoms with Crippen LogP contribution in [0.1, 0.15) is 54.4 Å². The fraction of sp³-hybridized carbons (Fsp3) is 0.600. The van der Waals surface area contributed by atoms with Gasteiger partial charge in [0.1, 0.15) is 6.33 Å². The van der Waals surface area contributed by atoms with E-state index in [4.69, 9.17) is 5.73 Å². The van der Waals surface area contributed by atoms with Crippen LogP contribution < -0.4 is 5.73 Å². The van der Waals surface area contributed by atoms with Gasteiger partial charge in [-0.3, -0.25) is 9.59 Å². The molecule has 6 nitrogen and oxygen atoms in total. The summed E-state index contributed by atoms with van der Waals surface area (Å²) in [5.41, 5.74) is 5.06. The second-order valence-electron chi connectivity index (χ2n) is 3.56. The number of carbonyl (C=O) groups is 2. The smallest absolute Gasteiger partial charge is 0.286 e. The molecule has 0 fully saturated rings. The van der Waals surface area contributed by atoms with Gasteiger partial charge < -0.3 is 5.73 Å². The molecule has 1 aromatic rings. The third kappa shape index (κ3) is 3.15. The maximum Gasteiger partial charge on any atom is 0.286 e. The van der Waals surface area contributed by atoms with Gasteiger partial charge in [-0.15, -0.1) is 0 Å². The Hall–Kier alpha value is -1.72. The Balaban J connectivity index is 2.53. The van der Waals surface area contributed by atoms with Crippen LogP contribution in [0.2, 0.25) is 0 Å². The molecule has 1 heterocycles. The van der Waals surface area contributed by atoms with Crippen molar-refractivity contribution < 1.29 is 9.59 Å². The molecule has 0 atom stereocenters. The highest BCUT2D eigenvalue weighted by atomic mass is 16.2. The molecule has 0 saturated heterocycles. The number of aromatic nitrogens is 3. The average Bonchev–Trinajstić information content (AvgIpc) is 2.73. The third-order valence-corrected chi connectivity index (χ3v) is 2.25. The molecule has 6 heteroatoms. The number of hydrogen-bond donors (Lipinski definition) is 1. The van der Waals surface area contributed by atoms with Crippen molar-refractivity contribution in [2.75, 3.05) is 0 Å². The topological polar surface area (TPSA) is 90.9 Å². The van der Waals surface area contributed by atoms with E-state index in [1.165, 1.54) is 0 Å². The van der Waals surface area contributed by atoms with Crippen molar-refractivity contribution in [2.24, 2.45) is 5.73 Å². The lowest BCUT2D eigenvalue weighted by Gasteiger charge is -2.01. The summed E-state index contributed by atoms with van der Waals surface area (Å²) in [5, 5.41) is 3.69. The van der Waals surface area contributed by atoms with E-state index in [-0.39, 0.29) is 11.7 Å². The molecule has 88 valence electrons. The van der Waals surface area contributed by atoms with Gasteiger partial charge in [-0.1, -0.05) is 26.2 Å². The third-order valence-electron chi connectivity index (χ3n) is 2.25. The highest BCUT2D eigenvalue weighted by Gasteiger charge is 2.15. The summed E-state index contributed by atoms with van der Waals surface area (Å²) in [6, 6.07) is 0. The van der Waals surface area contributed by atoms with E-state index in [1.807, 2.05) is 0 Å². The highest BCUT2D eigenvalue weighted by Crippen LogP contribution is 2.05. The Kier molecular flexibility index (Phi) is 4.63. The molecule has 0 aliphatic heterocycles. The Morgan fingerprint density at radius 1 is 1.38 bits per heavy atom. The lowest BCUT2D eigenvalue weighted by atomic mass is 10.1. The van der Waals surface area contributed by atoms with E-state index in [9.17, 15) is 9.59 Å². The van der Waals surface area contributed by atoms with E-state index >= 15 is 0 Å². The first-order chi connectivity index (χ1) is 7.66. The van der Waals surface area contributed by atoms with Crippen LogP contribution in [0.25, 0.3) is 0 Å². The number of hydrogen-bond acceptors (Lipinski definition) is 4. The van der Waals surface area contributed by atoms with Gasteiger partial charge in [0.15, 0.2) is 0 Å². The molecule has 0 unspecified atom stereocenters. The van der Waals surface area contributed by atoms with Gasteiger partial charge in [0.25, 0.3) is 5.91 Å². The van der Waals surface area contributed by atoms with Crippen LogP contribution in [0.5, 0.6) is 0 Å². The van der Waals surface area contributed by atoms with Gasteiger partial charge in [0.05, 0.1) is 0 Å². The lowest BCUT2D eigenvalue weighted by molar-refractivity contribution is 0.0856. The average molecular weight is 224 g/mol. The summed E-state index contributed by atoms with van der Waals surface area (Å²) in [7, 11) is 0. The van der Waals surface area contributed by atoms with Gasteiger partial charge >= 0.3 is 0 Å². The van der Waals surface area contributed by atoms with Crippen molar-refractivity contribution in [3.05, 3.63) is 12.2 Å². The summed E-state index contributed by atoms with van der Waals surface area (Å²) >= 11 is 0. The van der Waals surface area contributed by atoms with E-state index in [0.29, 0.717) is 6.42 Å². The number of amides is 1. The Morgan fingerprint density at radius 2 is 2.12 bits per heavy atom. The Labute approximate surface area is 93.8 Å². The maximum absolute atomic E-state index is 11.6. The normalized spacial score (nSPS) is 10.3. The molecule has 2 N–H and O–H groups in total. The van der Waals surface area contributed by atoms with Crippen molar-refractivity contribution in [2.45, 2.75) is 39.0 Å².